The van der Waals surface area contributed by atoms with Gasteiger partial charge in [-0.1, -0.05) is 12.1 Å². The number of rotatable bonds is 6. The summed E-state index contributed by atoms with van der Waals surface area (Å²) < 4.78 is 0. The van der Waals surface area contributed by atoms with Crippen molar-refractivity contribution in [3.63, 3.8) is 0 Å². The summed E-state index contributed by atoms with van der Waals surface area (Å²) in [6.07, 6.45) is -2.29. The molecular weight excluding hydrogens is 316 g/mol. The van der Waals surface area contributed by atoms with Gasteiger partial charge in [-0.05, 0) is 12.1 Å². The SMILES string of the molecule is O=C(O)CC(O)(CC(=O)O)C(=O)O.O=C(O)c1ccccc1O. The average Bonchev–Trinajstić information content (AvgIpc) is 2.37. The lowest BCUT2D eigenvalue weighted by Gasteiger charge is -2.18. The van der Waals surface area contributed by atoms with E-state index in [1.54, 1.807) is 12.1 Å². The Hall–Kier alpha value is -3.14. The predicted octanol–water partition coefficient (Wildman–Crippen LogP) is -0.158. The molecule has 10 nitrogen and oxygen atoms in total. The van der Waals surface area contributed by atoms with Crippen molar-refractivity contribution in [2.45, 2.75) is 18.4 Å². The first-order valence-corrected chi connectivity index (χ1v) is 5.90. The number of aliphatic carboxylic acids is 3. The minimum absolute atomic E-state index is 0.0671. The van der Waals surface area contributed by atoms with Crippen molar-refractivity contribution >= 4 is 23.9 Å². The van der Waals surface area contributed by atoms with Crippen LogP contribution >= 0.6 is 0 Å². The van der Waals surface area contributed by atoms with Crippen LogP contribution in [0.25, 0.3) is 0 Å². The lowest BCUT2D eigenvalue weighted by atomic mass is 9.96. The van der Waals surface area contributed by atoms with Crippen molar-refractivity contribution in [2.24, 2.45) is 0 Å². The summed E-state index contributed by atoms with van der Waals surface area (Å²) in [7, 11) is 0. The van der Waals surface area contributed by atoms with Gasteiger partial charge in [0.1, 0.15) is 11.3 Å². The third-order valence-corrected chi connectivity index (χ3v) is 2.42. The molecule has 0 heterocycles. The fourth-order valence-corrected chi connectivity index (χ4v) is 1.37. The predicted molar refractivity (Wildman–Crippen MR) is 72.2 cm³/mol. The molecule has 0 spiro atoms. The standard InChI is InChI=1S/C7H6O3.C6H8O7/c8-6-4-2-1-3-5(6)7(9)10;7-3(8)1-6(13,5(11)12)2-4(9)10/h1-4,8H,(H,9,10);13H,1-2H2,(H,7,8)(H,9,10)(H,11,12). The molecule has 6 N–H and O–H groups in total. The number of phenols is 1. The van der Waals surface area contributed by atoms with Gasteiger partial charge in [0.25, 0.3) is 0 Å². The second-order valence-corrected chi connectivity index (χ2v) is 4.30. The van der Waals surface area contributed by atoms with Gasteiger partial charge in [0.05, 0.1) is 12.8 Å². The zero-order valence-electron chi connectivity index (χ0n) is 11.5. The Morgan fingerprint density at radius 1 is 0.870 bits per heavy atom. The number of hydrogen-bond donors (Lipinski definition) is 6. The molecule has 0 unspecified atom stereocenters. The van der Waals surface area contributed by atoms with Crippen molar-refractivity contribution in [1.82, 2.24) is 0 Å². The first-order valence-electron chi connectivity index (χ1n) is 5.90. The van der Waals surface area contributed by atoms with E-state index in [0.717, 1.165) is 0 Å². The lowest BCUT2D eigenvalue weighted by molar-refractivity contribution is -0.170. The number of hydrogen-bond acceptors (Lipinski definition) is 6. The Kier molecular flexibility index (Phi) is 7.20. The van der Waals surface area contributed by atoms with E-state index in [-0.39, 0.29) is 11.3 Å². The third kappa shape index (κ3) is 6.91. The van der Waals surface area contributed by atoms with Crippen LogP contribution in [0.5, 0.6) is 5.75 Å². The summed E-state index contributed by atoms with van der Waals surface area (Å²) in [4.78, 5) is 40.7. The van der Waals surface area contributed by atoms with Gasteiger partial charge < -0.3 is 30.6 Å². The Bertz CT molecular complexity index is 591. The second-order valence-electron chi connectivity index (χ2n) is 4.30. The molecule has 0 saturated heterocycles. The van der Waals surface area contributed by atoms with Crippen molar-refractivity contribution in [2.75, 3.05) is 0 Å². The van der Waals surface area contributed by atoms with E-state index in [9.17, 15) is 19.2 Å². The second kappa shape index (κ2) is 8.34. The van der Waals surface area contributed by atoms with Gasteiger partial charge in [-0.3, -0.25) is 9.59 Å². The van der Waals surface area contributed by atoms with Gasteiger partial charge >= 0.3 is 23.9 Å². The van der Waals surface area contributed by atoms with Crippen molar-refractivity contribution in [3.05, 3.63) is 29.8 Å². The Morgan fingerprint density at radius 2 is 1.30 bits per heavy atom. The molecule has 1 aromatic carbocycles. The monoisotopic (exact) mass is 330 g/mol. The highest BCUT2D eigenvalue weighted by Crippen LogP contribution is 2.16. The van der Waals surface area contributed by atoms with E-state index in [1.807, 2.05) is 0 Å². The molecule has 0 aliphatic carbocycles. The van der Waals surface area contributed by atoms with Crippen LogP contribution in [-0.2, 0) is 14.4 Å². The van der Waals surface area contributed by atoms with E-state index >= 15 is 0 Å². The molecule has 1 rings (SSSR count). The van der Waals surface area contributed by atoms with Gasteiger partial charge in [0.2, 0.25) is 0 Å². The Morgan fingerprint density at radius 3 is 1.57 bits per heavy atom. The number of carbonyl (C=O) groups is 4. The third-order valence-electron chi connectivity index (χ3n) is 2.42. The molecule has 0 atom stereocenters. The van der Waals surface area contributed by atoms with Crippen molar-refractivity contribution < 1.29 is 49.8 Å². The van der Waals surface area contributed by atoms with E-state index in [2.05, 4.69) is 0 Å². The highest BCUT2D eigenvalue weighted by atomic mass is 16.4. The molecule has 23 heavy (non-hydrogen) atoms. The highest BCUT2D eigenvalue weighted by Gasteiger charge is 2.40. The number of carboxylic acid groups (broad SMARTS) is 4. The van der Waals surface area contributed by atoms with Gasteiger partial charge in [-0.25, -0.2) is 9.59 Å². The van der Waals surface area contributed by atoms with Gasteiger partial charge in [0, 0.05) is 0 Å². The zero-order chi connectivity index (χ0) is 18.2. The van der Waals surface area contributed by atoms with Crippen LogP contribution in [0, 0.1) is 0 Å². The molecule has 0 radical (unpaired) electrons. The summed E-state index contributed by atoms with van der Waals surface area (Å²) in [5, 5.41) is 51.1. The molecule has 126 valence electrons. The molecular formula is C13H14O10. The quantitative estimate of drug-likeness (QED) is 0.408. The molecule has 0 fully saturated rings. The van der Waals surface area contributed by atoms with Gasteiger partial charge in [0.15, 0.2) is 5.60 Å². The molecule has 0 amide bonds. The number of aromatic hydroxyl groups is 1. The Labute approximate surface area is 128 Å². The first kappa shape index (κ1) is 19.9. The van der Waals surface area contributed by atoms with Crippen LogP contribution in [0.2, 0.25) is 0 Å². The Balaban J connectivity index is 0.000000433. The van der Waals surface area contributed by atoms with Crippen molar-refractivity contribution in [3.8, 4) is 5.75 Å². The van der Waals surface area contributed by atoms with Gasteiger partial charge in [-0.2, -0.15) is 0 Å². The van der Waals surface area contributed by atoms with E-state index in [1.165, 1.54) is 12.1 Å². The van der Waals surface area contributed by atoms with Crippen LogP contribution < -0.4 is 0 Å². The van der Waals surface area contributed by atoms with Crippen molar-refractivity contribution in [1.29, 1.82) is 0 Å². The molecule has 0 bridgehead atoms. The maximum atomic E-state index is 10.3. The lowest BCUT2D eigenvalue weighted by Crippen LogP contribution is -2.42. The van der Waals surface area contributed by atoms with Gasteiger partial charge in [-0.15, -0.1) is 0 Å². The normalized spacial score (nSPS) is 10.1. The van der Waals surface area contributed by atoms with Crippen LogP contribution in [0.4, 0.5) is 0 Å². The topological polar surface area (TPSA) is 190 Å². The number of aromatic carboxylic acids is 1. The molecule has 0 saturated carbocycles. The number of benzene rings is 1. The number of carboxylic acids is 4. The summed E-state index contributed by atoms with van der Waals surface area (Å²) >= 11 is 0. The van der Waals surface area contributed by atoms with Crippen LogP contribution in [0.1, 0.15) is 23.2 Å². The van der Waals surface area contributed by atoms with E-state index in [0.29, 0.717) is 0 Å². The van der Waals surface area contributed by atoms with Crippen LogP contribution in [0.15, 0.2) is 24.3 Å². The fraction of sp³-hybridized carbons (Fsp3) is 0.231. The molecule has 10 heteroatoms. The number of para-hydroxylation sites is 1. The minimum atomic E-state index is -2.74. The highest BCUT2D eigenvalue weighted by molar-refractivity contribution is 5.90. The summed E-state index contributed by atoms with van der Waals surface area (Å²) in [5.74, 6) is -6.33. The zero-order valence-corrected chi connectivity index (χ0v) is 11.5. The average molecular weight is 330 g/mol. The number of aliphatic hydroxyl groups is 1. The maximum absolute atomic E-state index is 10.3. The maximum Gasteiger partial charge on any atom is 0.339 e. The minimum Gasteiger partial charge on any atom is -0.507 e. The summed E-state index contributed by atoms with van der Waals surface area (Å²) in [6.45, 7) is 0. The molecule has 0 aromatic heterocycles. The van der Waals surface area contributed by atoms with E-state index in [4.69, 9.17) is 30.6 Å². The summed E-state index contributed by atoms with van der Waals surface area (Å²) in [6, 6.07) is 5.81. The first-order chi connectivity index (χ1) is 10.5. The fourth-order valence-electron chi connectivity index (χ4n) is 1.37. The molecule has 1 aromatic rings. The smallest absolute Gasteiger partial charge is 0.339 e. The molecule has 0 aliphatic rings. The van der Waals surface area contributed by atoms with Crippen LogP contribution in [-0.4, -0.2) is 60.1 Å². The summed E-state index contributed by atoms with van der Waals surface area (Å²) in [5.41, 5.74) is -2.81. The largest absolute Gasteiger partial charge is 0.507 e. The molecule has 0 aliphatic heterocycles. The van der Waals surface area contributed by atoms with E-state index < -0.39 is 42.3 Å². The van der Waals surface area contributed by atoms with Crippen LogP contribution in [0.3, 0.4) is 0 Å².